The molecule has 1 unspecified atom stereocenters. The van der Waals surface area contributed by atoms with Crippen molar-refractivity contribution in [2.75, 3.05) is 18.1 Å². The first-order valence-corrected chi connectivity index (χ1v) is 10.6. The lowest BCUT2D eigenvalue weighted by atomic mass is 10.0. The number of carbonyl (C=O) groups is 1. The summed E-state index contributed by atoms with van der Waals surface area (Å²) in [6.45, 7) is 9.51. The molecule has 1 atom stereocenters. The third-order valence-electron chi connectivity index (χ3n) is 5.32. The van der Waals surface area contributed by atoms with Crippen molar-refractivity contribution in [1.82, 2.24) is 4.98 Å². The number of benzene rings is 2. The normalized spacial score (nSPS) is 16.6. The molecule has 1 aromatic heterocycles. The lowest BCUT2D eigenvalue weighted by Crippen LogP contribution is -2.37. The molecular weight excluding hydrogens is 368 g/mol. The highest BCUT2D eigenvalue weighted by molar-refractivity contribution is 7.22. The van der Waals surface area contributed by atoms with E-state index in [0.717, 1.165) is 51.5 Å². The smallest absolute Gasteiger partial charge is 0.260 e. The second-order valence-corrected chi connectivity index (χ2v) is 8.77. The van der Waals surface area contributed by atoms with Crippen LogP contribution in [0.3, 0.4) is 0 Å². The molecule has 5 heteroatoms. The summed E-state index contributed by atoms with van der Waals surface area (Å²) in [5.41, 5.74) is 6.17. The molecule has 2 heterocycles. The fraction of sp³-hybridized carbons (Fsp3) is 0.391. The molecule has 4 rings (SSSR count). The molecule has 1 fully saturated rings. The third kappa shape index (κ3) is 3.69. The Kier molecular flexibility index (Phi) is 5.21. The number of rotatable bonds is 4. The van der Waals surface area contributed by atoms with Gasteiger partial charge in [0.15, 0.2) is 5.13 Å². The number of anilines is 1. The van der Waals surface area contributed by atoms with Gasteiger partial charge in [-0.15, -0.1) is 0 Å². The van der Waals surface area contributed by atoms with Crippen LogP contribution in [0.2, 0.25) is 0 Å². The molecule has 0 radical (unpaired) electrons. The highest BCUT2D eigenvalue weighted by atomic mass is 32.1. The number of aryl methyl sites for hydroxylation is 4. The Balaban J connectivity index is 1.78. The van der Waals surface area contributed by atoms with Crippen molar-refractivity contribution in [3.63, 3.8) is 0 Å². The molecule has 4 nitrogen and oxygen atoms in total. The Bertz CT molecular complexity index is 1030. The second kappa shape index (κ2) is 7.64. The van der Waals surface area contributed by atoms with E-state index in [4.69, 9.17) is 9.72 Å². The second-order valence-electron chi connectivity index (χ2n) is 7.80. The van der Waals surface area contributed by atoms with Gasteiger partial charge in [-0.05, 0) is 69.4 Å². The van der Waals surface area contributed by atoms with E-state index in [1.165, 1.54) is 11.1 Å². The average molecular weight is 395 g/mol. The van der Waals surface area contributed by atoms with Crippen LogP contribution >= 0.6 is 11.3 Å². The lowest BCUT2D eigenvalue weighted by molar-refractivity contribution is 0.0917. The van der Waals surface area contributed by atoms with E-state index in [9.17, 15) is 4.79 Å². The van der Waals surface area contributed by atoms with Gasteiger partial charge in [-0.3, -0.25) is 9.69 Å². The van der Waals surface area contributed by atoms with Gasteiger partial charge in [0, 0.05) is 12.2 Å². The summed E-state index contributed by atoms with van der Waals surface area (Å²) in [7, 11) is 0. The molecule has 146 valence electrons. The van der Waals surface area contributed by atoms with Crippen LogP contribution in [0.15, 0.2) is 30.3 Å². The maximum atomic E-state index is 13.6. The lowest BCUT2D eigenvalue weighted by Gasteiger charge is -2.24. The first-order chi connectivity index (χ1) is 13.4. The van der Waals surface area contributed by atoms with Crippen LogP contribution in [0, 0.1) is 27.7 Å². The van der Waals surface area contributed by atoms with Crippen molar-refractivity contribution in [3.8, 4) is 0 Å². The first-order valence-electron chi connectivity index (χ1n) is 9.81. The van der Waals surface area contributed by atoms with Crippen LogP contribution in [0.1, 0.15) is 45.5 Å². The van der Waals surface area contributed by atoms with E-state index in [1.807, 2.05) is 36.9 Å². The van der Waals surface area contributed by atoms with E-state index in [0.29, 0.717) is 6.54 Å². The summed E-state index contributed by atoms with van der Waals surface area (Å²) in [5.74, 6) is 0.00475. The summed E-state index contributed by atoms with van der Waals surface area (Å²) < 4.78 is 6.99. The fourth-order valence-electron chi connectivity index (χ4n) is 3.83. The van der Waals surface area contributed by atoms with E-state index < -0.39 is 0 Å². The number of carbonyl (C=O) groups excluding carboxylic acids is 1. The van der Waals surface area contributed by atoms with E-state index in [-0.39, 0.29) is 12.0 Å². The summed E-state index contributed by atoms with van der Waals surface area (Å²) in [6.07, 6.45) is 2.11. The standard InChI is InChI=1S/C23H26N2O2S/c1-14-7-8-16(3)19(11-14)22(26)25(13-18-6-5-9-27-18)23-24-20-12-15(2)10-17(4)21(20)28-23/h7-8,10-12,18H,5-6,9,13H2,1-4H3. The van der Waals surface area contributed by atoms with Crippen molar-refractivity contribution in [2.45, 2.75) is 46.6 Å². The minimum Gasteiger partial charge on any atom is -0.376 e. The van der Waals surface area contributed by atoms with Gasteiger partial charge in [-0.1, -0.05) is 35.1 Å². The van der Waals surface area contributed by atoms with E-state index >= 15 is 0 Å². The molecule has 1 aliphatic rings. The molecule has 0 saturated carbocycles. The molecule has 0 bridgehead atoms. The zero-order valence-electron chi connectivity index (χ0n) is 16.9. The molecule has 0 N–H and O–H groups in total. The van der Waals surface area contributed by atoms with Gasteiger partial charge in [0.05, 0.1) is 22.9 Å². The van der Waals surface area contributed by atoms with Crippen LogP contribution in [0.4, 0.5) is 5.13 Å². The quantitative estimate of drug-likeness (QED) is 0.598. The zero-order chi connectivity index (χ0) is 19.8. The van der Waals surface area contributed by atoms with Crippen LogP contribution in [-0.4, -0.2) is 30.1 Å². The average Bonchev–Trinajstić information content (AvgIpc) is 3.30. The first kappa shape index (κ1) is 19.1. The van der Waals surface area contributed by atoms with Crippen molar-refractivity contribution in [1.29, 1.82) is 0 Å². The highest BCUT2D eigenvalue weighted by Crippen LogP contribution is 2.34. The molecular formula is C23H26N2O2S. The van der Waals surface area contributed by atoms with Crippen LogP contribution in [0.5, 0.6) is 0 Å². The Morgan fingerprint density at radius 3 is 2.71 bits per heavy atom. The maximum Gasteiger partial charge on any atom is 0.260 e. The number of nitrogens with zero attached hydrogens (tertiary/aromatic N) is 2. The van der Waals surface area contributed by atoms with E-state index in [1.54, 1.807) is 11.3 Å². The molecule has 2 aromatic carbocycles. The summed E-state index contributed by atoms with van der Waals surface area (Å²) in [6, 6.07) is 10.3. The minimum atomic E-state index is 0.00475. The third-order valence-corrected chi connectivity index (χ3v) is 6.55. The summed E-state index contributed by atoms with van der Waals surface area (Å²) in [4.78, 5) is 20.2. The largest absolute Gasteiger partial charge is 0.376 e. The predicted octanol–water partition coefficient (Wildman–Crippen LogP) is 5.36. The number of thiazole rings is 1. The van der Waals surface area contributed by atoms with Crippen molar-refractivity contribution in [3.05, 3.63) is 58.1 Å². The molecule has 1 aliphatic heterocycles. The van der Waals surface area contributed by atoms with Crippen LogP contribution in [0.25, 0.3) is 10.2 Å². The number of fused-ring (bicyclic) bond motifs is 1. The zero-order valence-corrected chi connectivity index (χ0v) is 17.7. The van der Waals surface area contributed by atoms with Gasteiger partial charge in [0.25, 0.3) is 5.91 Å². The van der Waals surface area contributed by atoms with Gasteiger partial charge >= 0.3 is 0 Å². The van der Waals surface area contributed by atoms with Crippen molar-refractivity contribution in [2.24, 2.45) is 0 Å². The topological polar surface area (TPSA) is 42.4 Å². The van der Waals surface area contributed by atoms with Gasteiger partial charge in [-0.25, -0.2) is 4.98 Å². The van der Waals surface area contributed by atoms with Gasteiger partial charge < -0.3 is 4.74 Å². The molecule has 0 spiro atoms. The Labute approximate surface area is 170 Å². The van der Waals surface area contributed by atoms with Crippen LogP contribution < -0.4 is 4.90 Å². The number of ether oxygens (including phenoxy) is 1. The number of hydrogen-bond acceptors (Lipinski definition) is 4. The molecule has 0 aliphatic carbocycles. The Hall–Kier alpha value is -2.24. The molecule has 3 aromatic rings. The Morgan fingerprint density at radius 2 is 1.96 bits per heavy atom. The van der Waals surface area contributed by atoms with Gasteiger partial charge in [0.1, 0.15) is 0 Å². The van der Waals surface area contributed by atoms with Crippen LogP contribution in [-0.2, 0) is 4.74 Å². The summed E-state index contributed by atoms with van der Waals surface area (Å²) in [5, 5.41) is 0.755. The van der Waals surface area contributed by atoms with Crippen molar-refractivity contribution < 1.29 is 9.53 Å². The minimum absolute atomic E-state index is 0.00475. The SMILES string of the molecule is Cc1ccc(C)c(C(=O)N(CC2CCCO2)c2nc3cc(C)cc(C)c3s2)c1. The predicted molar refractivity (Wildman–Crippen MR) is 116 cm³/mol. The highest BCUT2D eigenvalue weighted by Gasteiger charge is 2.28. The number of aromatic nitrogens is 1. The monoisotopic (exact) mass is 394 g/mol. The number of hydrogen-bond donors (Lipinski definition) is 0. The van der Waals surface area contributed by atoms with Gasteiger partial charge in [-0.2, -0.15) is 0 Å². The molecule has 1 amide bonds. The summed E-state index contributed by atoms with van der Waals surface area (Å²) >= 11 is 1.60. The Morgan fingerprint density at radius 1 is 1.14 bits per heavy atom. The fourth-order valence-corrected chi connectivity index (χ4v) is 4.86. The van der Waals surface area contributed by atoms with Gasteiger partial charge in [0.2, 0.25) is 0 Å². The maximum absolute atomic E-state index is 13.6. The molecule has 28 heavy (non-hydrogen) atoms. The van der Waals surface area contributed by atoms with E-state index in [2.05, 4.69) is 26.0 Å². The molecule has 1 saturated heterocycles. The number of amides is 1. The van der Waals surface area contributed by atoms with Crippen molar-refractivity contribution >= 4 is 32.6 Å².